The lowest BCUT2D eigenvalue weighted by Crippen LogP contribution is -2.33. The van der Waals surface area contributed by atoms with Gasteiger partial charge in [0.05, 0.1) is 17.2 Å². The van der Waals surface area contributed by atoms with Gasteiger partial charge in [0.25, 0.3) is 5.91 Å². The summed E-state index contributed by atoms with van der Waals surface area (Å²) in [6, 6.07) is 15.2. The van der Waals surface area contributed by atoms with Gasteiger partial charge in [0, 0.05) is 13.7 Å². The van der Waals surface area contributed by atoms with Crippen molar-refractivity contribution < 1.29 is 19.8 Å². The highest BCUT2D eigenvalue weighted by Crippen LogP contribution is 2.25. The van der Waals surface area contributed by atoms with Crippen molar-refractivity contribution in [2.45, 2.75) is 12.5 Å². The first kappa shape index (κ1) is 16.7. The van der Waals surface area contributed by atoms with Crippen molar-refractivity contribution in [3.8, 4) is 0 Å². The van der Waals surface area contributed by atoms with Crippen LogP contribution in [-0.4, -0.2) is 40.6 Å². The molecule has 0 saturated carbocycles. The van der Waals surface area contributed by atoms with Crippen LogP contribution in [-0.2, 0) is 0 Å². The Morgan fingerprint density at radius 2 is 1.57 bits per heavy atom. The van der Waals surface area contributed by atoms with Gasteiger partial charge in [0.2, 0.25) is 0 Å². The Labute approximate surface area is 134 Å². The number of carboxylic acid groups (broad SMARTS) is 1. The molecule has 2 N–H and O–H groups in total. The van der Waals surface area contributed by atoms with Gasteiger partial charge in [-0.1, -0.05) is 42.5 Å². The second-order valence-corrected chi connectivity index (χ2v) is 5.21. The smallest absolute Gasteiger partial charge is 0.336 e. The van der Waals surface area contributed by atoms with Gasteiger partial charge >= 0.3 is 5.97 Å². The lowest BCUT2D eigenvalue weighted by Gasteiger charge is -2.28. The summed E-state index contributed by atoms with van der Waals surface area (Å²) in [7, 11) is 1.62. The first-order chi connectivity index (χ1) is 11.1. The van der Waals surface area contributed by atoms with Gasteiger partial charge in [0.15, 0.2) is 0 Å². The summed E-state index contributed by atoms with van der Waals surface area (Å²) in [4.78, 5) is 25.5. The average molecular weight is 313 g/mol. The predicted octanol–water partition coefficient (Wildman–Crippen LogP) is 2.58. The second-order valence-electron chi connectivity index (χ2n) is 5.21. The fraction of sp³-hybridized carbons (Fsp3) is 0.222. The largest absolute Gasteiger partial charge is 0.478 e. The van der Waals surface area contributed by atoms with Crippen LogP contribution in [0.3, 0.4) is 0 Å². The molecule has 1 amide bonds. The number of carbonyl (C=O) groups is 2. The molecular weight excluding hydrogens is 294 g/mol. The molecular formula is C18H19NO4. The molecule has 1 atom stereocenters. The van der Waals surface area contributed by atoms with E-state index in [0.29, 0.717) is 6.42 Å². The predicted molar refractivity (Wildman–Crippen MR) is 86.4 cm³/mol. The fourth-order valence-electron chi connectivity index (χ4n) is 2.57. The highest BCUT2D eigenvalue weighted by molar-refractivity contribution is 6.04. The monoisotopic (exact) mass is 313 g/mol. The number of hydrogen-bond acceptors (Lipinski definition) is 3. The van der Waals surface area contributed by atoms with Crippen LogP contribution in [0.2, 0.25) is 0 Å². The first-order valence-electron chi connectivity index (χ1n) is 7.31. The van der Waals surface area contributed by atoms with Crippen LogP contribution in [0, 0.1) is 0 Å². The molecule has 0 aromatic heterocycles. The molecule has 0 aliphatic heterocycles. The molecule has 0 aliphatic carbocycles. The molecule has 0 bridgehead atoms. The van der Waals surface area contributed by atoms with Gasteiger partial charge in [-0.3, -0.25) is 4.79 Å². The third-order valence-corrected chi connectivity index (χ3v) is 3.76. The zero-order valence-electron chi connectivity index (χ0n) is 12.8. The number of amides is 1. The molecule has 0 fully saturated rings. The van der Waals surface area contributed by atoms with Crippen molar-refractivity contribution in [2.24, 2.45) is 0 Å². The molecule has 2 aromatic rings. The lowest BCUT2D eigenvalue weighted by atomic mass is 10.0. The number of carboxylic acids is 1. The molecule has 0 saturated heterocycles. The maximum atomic E-state index is 12.7. The van der Waals surface area contributed by atoms with E-state index < -0.39 is 5.97 Å². The van der Waals surface area contributed by atoms with Gasteiger partial charge in [-0.05, 0) is 24.1 Å². The lowest BCUT2D eigenvalue weighted by molar-refractivity contribution is 0.0658. The van der Waals surface area contributed by atoms with Crippen LogP contribution in [0.5, 0.6) is 0 Å². The van der Waals surface area contributed by atoms with Gasteiger partial charge in [-0.25, -0.2) is 4.79 Å². The zero-order valence-corrected chi connectivity index (χ0v) is 12.8. The number of hydrogen-bond donors (Lipinski definition) is 2. The quantitative estimate of drug-likeness (QED) is 0.859. The Bertz CT molecular complexity index is 684. The Balaban J connectivity index is 2.35. The minimum atomic E-state index is -1.14. The molecule has 23 heavy (non-hydrogen) atoms. The molecule has 2 rings (SSSR count). The first-order valence-corrected chi connectivity index (χ1v) is 7.31. The van der Waals surface area contributed by atoms with E-state index >= 15 is 0 Å². The molecule has 0 aliphatic rings. The van der Waals surface area contributed by atoms with Gasteiger partial charge < -0.3 is 15.1 Å². The van der Waals surface area contributed by atoms with Crippen molar-refractivity contribution in [3.63, 3.8) is 0 Å². The van der Waals surface area contributed by atoms with Crippen molar-refractivity contribution in [1.82, 2.24) is 4.90 Å². The minimum Gasteiger partial charge on any atom is -0.478 e. The Morgan fingerprint density at radius 3 is 2.13 bits per heavy atom. The zero-order chi connectivity index (χ0) is 16.8. The summed E-state index contributed by atoms with van der Waals surface area (Å²) in [5.41, 5.74) is 1.01. The number of rotatable bonds is 6. The van der Waals surface area contributed by atoms with Crippen molar-refractivity contribution in [1.29, 1.82) is 0 Å². The van der Waals surface area contributed by atoms with Crippen LogP contribution < -0.4 is 0 Å². The van der Waals surface area contributed by atoms with E-state index in [4.69, 9.17) is 0 Å². The Hall–Kier alpha value is -2.66. The fourth-order valence-corrected chi connectivity index (χ4v) is 2.57. The maximum absolute atomic E-state index is 12.7. The van der Waals surface area contributed by atoms with Gasteiger partial charge in [-0.2, -0.15) is 0 Å². The van der Waals surface area contributed by atoms with Crippen LogP contribution in [0.25, 0.3) is 0 Å². The molecule has 120 valence electrons. The number of nitrogens with zero attached hydrogens (tertiary/aromatic N) is 1. The van der Waals surface area contributed by atoms with E-state index in [1.165, 1.54) is 17.0 Å². The highest BCUT2D eigenvalue weighted by Gasteiger charge is 2.25. The third kappa shape index (κ3) is 3.76. The molecule has 5 nitrogen and oxygen atoms in total. The normalized spacial score (nSPS) is 11.7. The number of benzene rings is 2. The molecule has 0 spiro atoms. The van der Waals surface area contributed by atoms with Crippen LogP contribution in [0.4, 0.5) is 0 Å². The maximum Gasteiger partial charge on any atom is 0.336 e. The molecule has 0 radical (unpaired) electrons. The SMILES string of the molecule is CN(C(=O)c1ccccc1C(=O)O)C(CCO)c1ccccc1. The number of aliphatic hydroxyl groups is 1. The van der Waals surface area contributed by atoms with E-state index in [2.05, 4.69) is 0 Å². The average Bonchev–Trinajstić information content (AvgIpc) is 2.59. The summed E-state index contributed by atoms with van der Waals surface area (Å²) >= 11 is 0. The van der Waals surface area contributed by atoms with Crippen molar-refractivity contribution in [2.75, 3.05) is 13.7 Å². The minimum absolute atomic E-state index is 0.0276. The standard InChI is InChI=1S/C18H19NO4/c1-19(16(11-12-20)13-7-3-2-4-8-13)17(21)14-9-5-6-10-15(14)18(22)23/h2-10,16,20H,11-12H2,1H3,(H,22,23). The van der Waals surface area contributed by atoms with Crippen molar-refractivity contribution >= 4 is 11.9 Å². The molecule has 2 aromatic carbocycles. The summed E-state index contributed by atoms with van der Waals surface area (Å²) in [6.07, 6.45) is 0.376. The van der Waals surface area contributed by atoms with E-state index in [-0.39, 0.29) is 29.7 Å². The van der Waals surface area contributed by atoms with E-state index in [0.717, 1.165) is 5.56 Å². The third-order valence-electron chi connectivity index (χ3n) is 3.76. The molecule has 0 heterocycles. The van der Waals surface area contributed by atoms with E-state index in [9.17, 15) is 19.8 Å². The summed E-state index contributed by atoms with van der Waals surface area (Å²) in [5.74, 6) is -1.52. The van der Waals surface area contributed by atoms with Crippen LogP contribution in [0.1, 0.15) is 38.7 Å². The van der Waals surface area contributed by atoms with Crippen LogP contribution >= 0.6 is 0 Å². The van der Waals surface area contributed by atoms with Crippen molar-refractivity contribution in [3.05, 3.63) is 71.3 Å². The number of aromatic carboxylic acids is 1. The van der Waals surface area contributed by atoms with E-state index in [1.54, 1.807) is 19.2 Å². The summed E-state index contributed by atoms with van der Waals surface area (Å²) in [5, 5.41) is 18.6. The second kappa shape index (κ2) is 7.56. The topological polar surface area (TPSA) is 77.8 Å². The van der Waals surface area contributed by atoms with Gasteiger partial charge in [0.1, 0.15) is 0 Å². The highest BCUT2D eigenvalue weighted by atomic mass is 16.4. The summed E-state index contributed by atoms with van der Waals surface area (Å²) in [6.45, 7) is -0.0717. The van der Waals surface area contributed by atoms with Gasteiger partial charge in [-0.15, -0.1) is 0 Å². The Morgan fingerprint density at radius 1 is 1.00 bits per heavy atom. The molecule has 1 unspecified atom stereocenters. The van der Waals surface area contributed by atoms with E-state index in [1.807, 2.05) is 30.3 Å². The van der Waals surface area contributed by atoms with Crippen LogP contribution in [0.15, 0.2) is 54.6 Å². The molecule has 5 heteroatoms. The Kier molecular flexibility index (Phi) is 5.49. The number of aliphatic hydroxyl groups excluding tert-OH is 1. The number of carbonyl (C=O) groups excluding carboxylic acids is 1. The summed E-state index contributed by atoms with van der Waals surface area (Å²) < 4.78 is 0.